The molecule has 200 valence electrons. The van der Waals surface area contributed by atoms with Crippen LogP contribution in [-0.2, 0) is 47.7 Å². The molecular weight excluding hydrogens is 614 g/mol. The van der Waals surface area contributed by atoms with Crippen molar-refractivity contribution in [2.24, 2.45) is 0 Å². The number of thiophene rings is 1. The lowest BCUT2D eigenvalue weighted by Crippen LogP contribution is -2.66. The lowest BCUT2D eigenvalue weighted by Gasteiger charge is -2.46. The molecule has 2 fully saturated rings. The molecule has 1 amide bonds. The van der Waals surface area contributed by atoms with E-state index >= 15 is 0 Å². The second kappa shape index (κ2) is 12.5. The lowest BCUT2D eigenvalue weighted by atomic mass is 9.96. The van der Waals surface area contributed by atoms with E-state index < -0.39 is 67.0 Å². The Morgan fingerprint density at radius 3 is 2.14 bits per heavy atom. The third-order valence-electron chi connectivity index (χ3n) is 4.91. The number of carbonyl (C=O) groups excluding carboxylic acids is 5. The van der Waals surface area contributed by atoms with E-state index in [2.05, 4.69) is 15.9 Å². The highest BCUT2D eigenvalue weighted by atomic mass is 79.9. The summed E-state index contributed by atoms with van der Waals surface area (Å²) in [5, 5.41) is 0. The quantitative estimate of drug-likeness (QED) is 0.189. The minimum atomic E-state index is -1.43. The number of carbonyl (C=O) groups is 5. The minimum Gasteiger partial charge on any atom is -0.463 e. The number of thiocarbonyl (C=S) groups is 1. The second-order valence-corrected chi connectivity index (χ2v) is 12.0. The molecule has 0 aromatic carbocycles. The van der Waals surface area contributed by atoms with E-state index in [4.69, 9.17) is 35.9 Å². The van der Waals surface area contributed by atoms with Crippen molar-refractivity contribution in [3.05, 3.63) is 25.7 Å². The van der Waals surface area contributed by atoms with E-state index in [0.29, 0.717) is 0 Å². The van der Waals surface area contributed by atoms with Crippen LogP contribution < -0.4 is 0 Å². The molecule has 3 rings (SSSR count). The van der Waals surface area contributed by atoms with Crippen molar-refractivity contribution in [1.29, 1.82) is 0 Å². The molecule has 0 N–H and O–H groups in total. The third-order valence-corrected chi connectivity index (χ3v) is 7.81. The molecule has 15 heteroatoms. The first-order chi connectivity index (χ1) is 17.4. The van der Waals surface area contributed by atoms with Gasteiger partial charge in [0, 0.05) is 32.6 Å². The average Bonchev–Trinajstić information content (AvgIpc) is 3.30. The van der Waals surface area contributed by atoms with Crippen LogP contribution in [0.4, 0.5) is 0 Å². The van der Waals surface area contributed by atoms with Crippen molar-refractivity contribution in [2.75, 3.05) is 6.61 Å². The highest BCUT2D eigenvalue weighted by Gasteiger charge is 2.56. The molecule has 0 saturated carbocycles. The van der Waals surface area contributed by atoms with Crippen LogP contribution in [0.15, 0.2) is 20.8 Å². The zero-order chi connectivity index (χ0) is 27.4. The number of esters is 4. The number of rotatable bonds is 7. The second-order valence-electron chi connectivity index (χ2n) is 7.78. The van der Waals surface area contributed by atoms with Crippen LogP contribution in [0.3, 0.4) is 0 Å². The molecule has 37 heavy (non-hydrogen) atoms. The van der Waals surface area contributed by atoms with Gasteiger partial charge in [0.2, 0.25) is 0 Å². The van der Waals surface area contributed by atoms with Crippen molar-refractivity contribution in [1.82, 2.24) is 4.90 Å². The predicted octanol–water partition coefficient (Wildman–Crippen LogP) is 2.79. The Bertz CT molecular complexity index is 1150. The first-order valence-electron chi connectivity index (χ1n) is 10.7. The van der Waals surface area contributed by atoms with E-state index in [0.717, 1.165) is 46.1 Å². The van der Waals surface area contributed by atoms with Crippen LogP contribution >= 0.6 is 51.2 Å². The summed E-state index contributed by atoms with van der Waals surface area (Å²) in [7, 11) is 0. The maximum atomic E-state index is 13.5. The van der Waals surface area contributed by atoms with Gasteiger partial charge in [0.15, 0.2) is 28.9 Å². The molecule has 0 radical (unpaired) electrons. The van der Waals surface area contributed by atoms with E-state index in [9.17, 15) is 24.0 Å². The number of hydrogen-bond donors (Lipinski definition) is 0. The number of nitrogens with zero attached hydrogens (tertiary/aromatic N) is 1. The standard InChI is InChI=1S/C22H22BrNO10S3/c1-9(25)30-8-14-17(31-10(2)26)18(32-11(3)27)19(33-12(4)28)21(34-14)24-20(29)15(37-22(24)35)7-13-5-6-16(23)36-13/h5-7,14,17-19,21H,8H2,1-4H3/b15-7-. The van der Waals surface area contributed by atoms with Gasteiger partial charge in [-0.3, -0.25) is 28.9 Å². The van der Waals surface area contributed by atoms with Crippen LogP contribution in [0.25, 0.3) is 6.08 Å². The van der Waals surface area contributed by atoms with E-state index in [-0.39, 0.29) is 9.23 Å². The summed E-state index contributed by atoms with van der Waals surface area (Å²) >= 11 is 11.2. The molecule has 5 unspecified atom stereocenters. The maximum absolute atomic E-state index is 13.5. The van der Waals surface area contributed by atoms with Gasteiger partial charge in [-0.25, -0.2) is 0 Å². The minimum absolute atomic E-state index is 0.0905. The third kappa shape index (κ3) is 7.37. The molecule has 0 bridgehead atoms. The van der Waals surface area contributed by atoms with Crippen molar-refractivity contribution in [3.63, 3.8) is 0 Å². The molecular formula is C22H22BrNO10S3. The van der Waals surface area contributed by atoms with Gasteiger partial charge in [0.05, 0.1) is 8.69 Å². The normalized spacial score (nSPS) is 26.7. The Kier molecular flexibility index (Phi) is 9.86. The highest BCUT2D eigenvalue weighted by molar-refractivity contribution is 9.11. The van der Waals surface area contributed by atoms with Gasteiger partial charge in [-0.1, -0.05) is 24.0 Å². The molecule has 11 nitrogen and oxygen atoms in total. The zero-order valence-corrected chi connectivity index (χ0v) is 24.0. The zero-order valence-electron chi connectivity index (χ0n) is 20.0. The Morgan fingerprint density at radius 2 is 1.59 bits per heavy atom. The van der Waals surface area contributed by atoms with E-state index in [1.165, 1.54) is 18.3 Å². The van der Waals surface area contributed by atoms with Crippen molar-refractivity contribution < 1.29 is 47.7 Å². The topological polar surface area (TPSA) is 135 Å². The SMILES string of the molecule is CC(=O)OCC1OC(N2C(=O)/C(=C/c3ccc(Br)s3)SC2=S)C(OC(C)=O)C(OC(C)=O)C1OC(C)=O. The number of ether oxygens (including phenoxy) is 5. The monoisotopic (exact) mass is 635 g/mol. The Labute approximate surface area is 233 Å². The summed E-state index contributed by atoms with van der Waals surface area (Å²) in [4.78, 5) is 63.1. The van der Waals surface area contributed by atoms with Crippen molar-refractivity contribution in [3.8, 4) is 0 Å². The first kappa shape index (κ1) is 29.2. The van der Waals surface area contributed by atoms with Gasteiger partial charge >= 0.3 is 23.9 Å². The Balaban J connectivity index is 2.05. The Hall–Kier alpha value is -2.33. The molecule has 0 aliphatic carbocycles. The van der Waals surface area contributed by atoms with Gasteiger partial charge in [0.25, 0.3) is 5.91 Å². The van der Waals surface area contributed by atoms with Gasteiger partial charge in [-0.15, -0.1) is 11.3 Å². The van der Waals surface area contributed by atoms with Gasteiger partial charge in [0.1, 0.15) is 12.7 Å². The summed E-state index contributed by atoms with van der Waals surface area (Å²) in [6.45, 7) is 4.11. The van der Waals surface area contributed by atoms with Crippen molar-refractivity contribution >= 4 is 91.4 Å². The molecule has 1 aromatic rings. The summed E-state index contributed by atoms with van der Waals surface area (Å²) in [5.74, 6) is -3.50. The summed E-state index contributed by atoms with van der Waals surface area (Å²) in [5.41, 5.74) is 0. The summed E-state index contributed by atoms with van der Waals surface area (Å²) in [6, 6.07) is 3.65. The van der Waals surface area contributed by atoms with Gasteiger partial charge in [-0.05, 0) is 34.1 Å². The predicted molar refractivity (Wildman–Crippen MR) is 139 cm³/mol. The molecule has 0 spiro atoms. The van der Waals surface area contributed by atoms with Crippen molar-refractivity contribution in [2.45, 2.75) is 58.3 Å². The molecule has 2 aliphatic rings. The molecule has 3 heterocycles. The van der Waals surface area contributed by atoms with Gasteiger partial charge in [-0.2, -0.15) is 0 Å². The molecule has 2 saturated heterocycles. The fourth-order valence-corrected chi connectivity index (χ4v) is 6.39. The number of hydrogen-bond acceptors (Lipinski definition) is 13. The number of thioether (sulfide) groups is 1. The van der Waals surface area contributed by atoms with Crippen LogP contribution in [0, 0.1) is 0 Å². The maximum Gasteiger partial charge on any atom is 0.303 e. The highest BCUT2D eigenvalue weighted by Crippen LogP contribution is 2.40. The summed E-state index contributed by atoms with van der Waals surface area (Å²) < 4.78 is 28.3. The van der Waals surface area contributed by atoms with Crippen LogP contribution in [0.2, 0.25) is 0 Å². The van der Waals surface area contributed by atoms with Gasteiger partial charge < -0.3 is 23.7 Å². The van der Waals surface area contributed by atoms with E-state index in [1.54, 1.807) is 6.08 Å². The summed E-state index contributed by atoms with van der Waals surface area (Å²) in [6.07, 6.45) is -5.12. The van der Waals surface area contributed by atoms with Crippen LogP contribution in [0.1, 0.15) is 32.6 Å². The molecule has 1 aromatic heterocycles. The molecule has 5 atom stereocenters. The largest absolute Gasteiger partial charge is 0.463 e. The average molecular weight is 637 g/mol. The number of halogens is 1. The lowest BCUT2D eigenvalue weighted by molar-refractivity contribution is -0.268. The van der Waals surface area contributed by atoms with Crippen LogP contribution in [-0.4, -0.2) is 76.3 Å². The fourth-order valence-electron chi connectivity index (χ4n) is 3.65. The Morgan fingerprint density at radius 1 is 1.00 bits per heavy atom. The first-order valence-corrected chi connectivity index (χ1v) is 13.5. The smallest absolute Gasteiger partial charge is 0.303 e. The van der Waals surface area contributed by atoms with E-state index in [1.807, 2.05) is 12.1 Å². The fraction of sp³-hybridized carbons (Fsp3) is 0.455. The van der Waals surface area contributed by atoms with Crippen LogP contribution in [0.5, 0.6) is 0 Å². The number of amides is 1. The molecule has 2 aliphatic heterocycles.